The summed E-state index contributed by atoms with van der Waals surface area (Å²) in [6.07, 6.45) is 5.58. The molecule has 1 aromatic rings. The van der Waals surface area contributed by atoms with Crippen molar-refractivity contribution >= 4 is 0 Å². The van der Waals surface area contributed by atoms with Gasteiger partial charge >= 0.3 is 0 Å². The molecule has 1 aliphatic rings. The summed E-state index contributed by atoms with van der Waals surface area (Å²) < 4.78 is 18.8. The number of nitriles is 1. The van der Waals surface area contributed by atoms with Gasteiger partial charge in [-0.1, -0.05) is 25.3 Å². The number of benzene rings is 1. The van der Waals surface area contributed by atoms with E-state index in [1.807, 2.05) is 6.07 Å². The van der Waals surface area contributed by atoms with Gasteiger partial charge in [0.2, 0.25) is 0 Å². The molecule has 0 amide bonds. The molecule has 0 aromatic heterocycles. The summed E-state index contributed by atoms with van der Waals surface area (Å²) in [7, 11) is 0. The lowest BCUT2D eigenvalue weighted by atomic mass is 9.83. The van der Waals surface area contributed by atoms with Crippen molar-refractivity contribution in [3.63, 3.8) is 0 Å². The molecule has 0 radical (unpaired) electrons. The zero-order chi connectivity index (χ0) is 13.7. The second-order valence-corrected chi connectivity index (χ2v) is 5.34. The minimum absolute atomic E-state index is 0.0567. The number of nitrogens with zero attached hydrogens (tertiary/aromatic N) is 1. The van der Waals surface area contributed by atoms with Gasteiger partial charge < -0.3 is 10.5 Å². The number of ether oxygens (including phenoxy) is 1. The van der Waals surface area contributed by atoms with Gasteiger partial charge in [0.05, 0.1) is 18.8 Å². The molecule has 1 aromatic carbocycles. The van der Waals surface area contributed by atoms with Gasteiger partial charge in [-0.3, -0.25) is 0 Å². The Kier molecular flexibility index (Phi) is 4.52. The van der Waals surface area contributed by atoms with Crippen LogP contribution in [-0.2, 0) is 11.3 Å². The maximum Gasteiger partial charge on any atom is 0.140 e. The van der Waals surface area contributed by atoms with Crippen molar-refractivity contribution < 1.29 is 9.13 Å². The van der Waals surface area contributed by atoms with E-state index in [1.165, 1.54) is 18.6 Å². The molecule has 102 valence electrons. The summed E-state index contributed by atoms with van der Waals surface area (Å²) in [6, 6.07) is 6.30. The standard InChI is InChI=1S/C15H19FN2O/c16-14-5-4-12(8-13(14)9-17)10-19-11-15(18)6-2-1-3-7-15/h4-5,8H,1-3,6-7,10-11,18H2. The fourth-order valence-electron chi connectivity index (χ4n) is 2.52. The summed E-state index contributed by atoms with van der Waals surface area (Å²) in [4.78, 5) is 0. The Balaban J connectivity index is 1.87. The zero-order valence-electron chi connectivity index (χ0n) is 11.0. The highest BCUT2D eigenvalue weighted by Crippen LogP contribution is 2.26. The van der Waals surface area contributed by atoms with Crippen LogP contribution in [0, 0.1) is 17.1 Å². The van der Waals surface area contributed by atoms with E-state index in [2.05, 4.69) is 0 Å². The first-order valence-electron chi connectivity index (χ1n) is 6.68. The van der Waals surface area contributed by atoms with Crippen molar-refractivity contribution in [2.24, 2.45) is 5.73 Å². The van der Waals surface area contributed by atoms with E-state index in [0.717, 1.165) is 31.2 Å². The molecule has 2 rings (SSSR count). The highest BCUT2D eigenvalue weighted by molar-refractivity contribution is 5.34. The van der Waals surface area contributed by atoms with Crippen LogP contribution in [0.15, 0.2) is 18.2 Å². The molecule has 1 fully saturated rings. The molecule has 0 atom stereocenters. The molecule has 0 bridgehead atoms. The number of hydrogen-bond donors (Lipinski definition) is 1. The third-order valence-corrected chi connectivity index (χ3v) is 3.66. The SMILES string of the molecule is N#Cc1cc(COCC2(N)CCCCC2)ccc1F. The van der Waals surface area contributed by atoms with Gasteiger partial charge in [0, 0.05) is 5.54 Å². The maximum absolute atomic E-state index is 13.2. The first-order valence-corrected chi connectivity index (χ1v) is 6.68. The maximum atomic E-state index is 13.2. The first kappa shape index (κ1) is 14.0. The fourth-order valence-corrected chi connectivity index (χ4v) is 2.52. The Bertz CT molecular complexity index is 476. The van der Waals surface area contributed by atoms with Crippen LogP contribution in [0.5, 0.6) is 0 Å². The molecule has 1 aliphatic carbocycles. The third kappa shape index (κ3) is 3.76. The molecule has 0 heterocycles. The minimum Gasteiger partial charge on any atom is -0.375 e. The van der Waals surface area contributed by atoms with E-state index in [1.54, 1.807) is 6.07 Å². The van der Waals surface area contributed by atoms with E-state index >= 15 is 0 Å². The Morgan fingerprint density at radius 2 is 2.05 bits per heavy atom. The molecule has 0 saturated heterocycles. The molecule has 3 nitrogen and oxygen atoms in total. The summed E-state index contributed by atoms with van der Waals surface area (Å²) in [5.74, 6) is -0.492. The molecule has 1 saturated carbocycles. The van der Waals surface area contributed by atoms with E-state index in [9.17, 15) is 4.39 Å². The Morgan fingerprint density at radius 1 is 1.32 bits per heavy atom. The third-order valence-electron chi connectivity index (χ3n) is 3.66. The number of nitrogens with two attached hydrogens (primary N) is 1. The van der Waals surface area contributed by atoms with Crippen molar-refractivity contribution in [2.75, 3.05) is 6.61 Å². The Morgan fingerprint density at radius 3 is 2.74 bits per heavy atom. The topological polar surface area (TPSA) is 59.0 Å². The second kappa shape index (κ2) is 6.14. The van der Waals surface area contributed by atoms with Crippen LogP contribution >= 0.6 is 0 Å². The summed E-state index contributed by atoms with van der Waals surface area (Å²) >= 11 is 0. The summed E-state index contributed by atoms with van der Waals surface area (Å²) in [6.45, 7) is 0.889. The van der Waals surface area contributed by atoms with E-state index in [4.69, 9.17) is 15.7 Å². The molecular formula is C15H19FN2O. The van der Waals surface area contributed by atoms with Gasteiger partial charge in [0.1, 0.15) is 11.9 Å². The molecule has 2 N–H and O–H groups in total. The van der Waals surface area contributed by atoms with Crippen molar-refractivity contribution in [1.82, 2.24) is 0 Å². The lowest BCUT2D eigenvalue weighted by molar-refractivity contribution is 0.0574. The molecule has 0 aliphatic heterocycles. The van der Waals surface area contributed by atoms with Gasteiger partial charge in [-0.2, -0.15) is 5.26 Å². The van der Waals surface area contributed by atoms with E-state index < -0.39 is 5.82 Å². The zero-order valence-corrected chi connectivity index (χ0v) is 11.0. The molecular weight excluding hydrogens is 243 g/mol. The predicted molar refractivity (Wildman–Crippen MR) is 70.8 cm³/mol. The highest BCUT2D eigenvalue weighted by atomic mass is 19.1. The van der Waals surface area contributed by atoms with E-state index in [0.29, 0.717) is 13.2 Å². The second-order valence-electron chi connectivity index (χ2n) is 5.34. The predicted octanol–water partition coefficient (Wildman–Crippen LogP) is 2.88. The van der Waals surface area contributed by atoms with Crippen molar-refractivity contribution in [2.45, 2.75) is 44.2 Å². The molecule has 19 heavy (non-hydrogen) atoms. The average Bonchev–Trinajstić information content (AvgIpc) is 2.41. The van der Waals surface area contributed by atoms with Gasteiger partial charge in [-0.15, -0.1) is 0 Å². The lowest BCUT2D eigenvalue weighted by Crippen LogP contribution is -2.46. The Hall–Kier alpha value is -1.44. The van der Waals surface area contributed by atoms with Crippen LogP contribution in [0.25, 0.3) is 0 Å². The molecule has 0 unspecified atom stereocenters. The minimum atomic E-state index is -0.492. The van der Waals surface area contributed by atoms with Crippen LogP contribution in [-0.4, -0.2) is 12.1 Å². The number of hydrogen-bond acceptors (Lipinski definition) is 3. The quantitative estimate of drug-likeness (QED) is 0.907. The van der Waals surface area contributed by atoms with Gasteiger partial charge in [0.15, 0.2) is 0 Å². The molecule has 0 spiro atoms. The summed E-state index contributed by atoms with van der Waals surface area (Å²) in [5, 5.41) is 8.76. The van der Waals surface area contributed by atoms with E-state index in [-0.39, 0.29) is 11.1 Å². The van der Waals surface area contributed by atoms with Crippen LogP contribution < -0.4 is 5.73 Å². The summed E-state index contributed by atoms with van der Waals surface area (Å²) in [5.41, 5.74) is 6.91. The van der Waals surface area contributed by atoms with Crippen LogP contribution in [0.3, 0.4) is 0 Å². The van der Waals surface area contributed by atoms with Crippen LogP contribution in [0.2, 0.25) is 0 Å². The van der Waals surface area contributed by atoms with Gasteiger partial charge in [-0.05, 0) is 30.5 Å². The lowest BCUT2D eigenvalue weighted by Gasteiger charge is -2.33. The van der Waals surface area contributed by atoms with Gasteiger partial charge in [0.25, 0.3) is 0 Å². The number of halogens is 1. The average molecular weight is 262 g/mol. The monoisotopic (exact) mass is 262 g/mol. The first-order chi connectivity index (χ1) is 9.13. The smallest absolute Gasteiger partial charge is 0.140 e. The normalized spacial score (nSPS) is 17.9. The van der Waals surface area contributed by atoms with Crippen molar-refractivity contribution in [3.05, 3.63) is 35.1 Å². The largest absolute Gasteiger partial charge is 0.375 e. The Labute approximate surface area is 113 Å². The highest BCUT2D eigenvalue weighted by Gasteiger charge is 2.27. The fraction of sp³-hybridized carbons (Fsp3) is 0.533. The van der Waals surface area contributed by atoms with Crippen LogP contribution in [0.1, 0.15) is 43.2 Å². The van der Waals surface area contributed by atoms with Crippen LogP contribution in [0.4, 0.5) is 4.39 Å². The number of rotatable bonds is 4. The van der Waals surface area contributed by atoms with Gasteiger partial charge in [-0.25, -0.2) is 4.39 Å². The van der Waals surface area contributed by atoms with Crippen molar-refractivity contribution in [3.8, 4) is 6.07 Å². The molecule has 4 heteroatoms. The van der Waals surface area contributed by atoms with Crippen molar-refractivity contribution in [1.29, 1.82) is 5.26 Å².